The van der Waals surface area contributed by atoms with Gasteiger partial charge in [0.2, 0.25) is 5.91 Å². The van der Waals surface area contributed by atoms with Crippen LogP contribution in [-0.4, -0.2) is 35.4 Å². The molecule has 5 nitrogen and oxygen atoms in total. The summed E-state index contributed by atoms with van der Waals surface area (Å²) in [6, 6.07) is 3.77. The van der Waals surface area contributed by atoms with E-state index in [-0.39, 0.29) is 23.7 Å². The van der Waals surface area contributed by atoms with E-state index in [4.69, 9.17) is 4.74 Å². The molecule has 0 saturated heterocycles. The Morgan fingerprint density at radius 3 is 2.60 bits per heavy atom. The lowest BCUT2D eigenvalue weighted by Gasteiger charge is -2.25. The molecule has 1 saturated carbocycles. The first kappa shape index (κ1) is 14.5. The van der Waals surface area contributed by atoms with Crippen LogP contribution in [0.25, 0.3) is 0 Å². The molecule has 108 valence electrons. The molecule has 1 heterocycles. The Labute approximate surface area is 118 Å². The van der Waals surface area contributed by atoms with E-state index < -0.39 is 0 Å². The second kappa shape index (κ2) is 6.50. The van der Waals surface area contributed by atoms with Crippen molar-refractivity contribution < 1.29 is 14.3 Å². The Bertz CT molecular complexity index is 471. The molecule has 0 spiro atoms. The number of methoxy groups -OCH3 is 1. The Balaban J connectivity index is 2.04. The van der Waals surface area contributed by atoms with Gasteiger partial charge in [-0.2, -0.15) is 0 Å². The van der Waals surface area contributed by atoms with Gasteiger partial charge in [0.25, 0.3) is 0 Å². The van der Waals surface area contributed by atoms with E-state index >= 15 is 0 Å². The lowest BCUT2D eigenvalue weighted by Crippen LogP contribution is -2.37. The maximum atomic E-state index is 12.3. The molecular weight excluding hydrogens is 256 g/mol. The molecule has 0 bridgehead atoms. The average Bonchev–Trinajstić information content (AvgIpc) is 3.30. The van der Waals surface area contributed by atoms with E-state index in [0.717, 1.165) is 18.4 Å². The first-order chi connectivity index (χ1) is 9.61. The van der Waals surface area contributed by atoms with Crippen LogP contribution in [0.4, 0.5) is 0 Å². The molecule has 0 radical (unpaired) electrons. The fourth-order valence-corrected chi connectivity index (χ4v) is 2.14. The largest absolute Gasteiger partial charge is 0.469 e. The van der Waals surface area contributed by atoms with Crippen molar-refractivity contribution in [2.75, 3.05) is 13.7 Å². The third kappa shape index (κ3) is 3.79. The first-order valence-corrected chi connectivity index (χ1v) is 6.87. The molecule has 1 aliphatic rings. The summed E-state index contributed by atoms with van der Waals surface area (Å²) in [5.41, 5.74) is 1.02. The lowest BCUT2D eigenvalue weighted by atomic mass is 10.1. The summed E-state index contributed by atoms with van der Waals surface area (Å²) in [7, 11) is 1.37. The van der Waals surface area contributed by atoms with Gasteiger partial charge in [-0.15, -0.1) is 0 Å². The van der Waals surface area contributed by atoms with Gasteiger partial charge in [-0.05, 0) is 30.5 Å². The van der Waals surface area contributed by atoms with Gasteiger partial charge in [0.05, 0.1) is 13.0 Å². The van der Waals surface area contributed by atoms with Gasteiger partial charge in [0.15, 0.2) is 0 Å². The molecular formula is C15H20N2O3. The number of hydrogen-bond acceptors (Lipinski definition) is 4. The summed E-state index contributed by atoms with van der Waals surface area (Å²) in [5, 5.41) is 0. The topological polar surface area (TPSA) is 59.5 Å². The zero-order chi connectivity index (χ0) is 14.5. The number of hydrogen-bond donors (Lipinski definition) is 0. The van der Waals surface area contributed by atoms with Crippen LogP contribution in [0.1, 0.15) is 25.3 Å². The molecule has 0 aromatic carbocycles. The summed E-state index contributed by atoms with van der Waals surface area (Å²) >= 11 is 0. The number of rotatable bonds is 6. The minimum atomic E-state index is -0.315. The summed E-state index contributed by atoms with van der Waals surface area (Å²) in [6.07, 6.45) is 5.33. The number of esters is 1. The predicted molar refractivity (Wildman–Crippen MR) is 73.6 cm³/mol. The number of ether oxygens (including phenoxy) is 1. The monoisotopic (exact) mass is 276 g/mol. The second-order valence-electron chi connectivity index (χ2n) is 5.27. The molecule has 1 aliphatic carbocycles. The number of pyridine rings is 1. The van der Waals surface area contributed by atoms with Crippen LogP contribution in [-0.2, 0) is 20.9 Å². The van der Waals surface area contributed by atoms with Crippen molar-refractivity contribution in [3.05, 3.63) is 30.1 Å². The summed E-state index contributed by atoms with van der Waals surface area (Å²) < 4.78 is 4.73. The van der Waals surface area contributed by atoms with Gasteiger partial charge in [0.1, 0.15) is 0 Å². The molecule has 0 N–H and O–H groups in total. The highest BCUT2D eigenvalue weighted by atomic mass is 16.5. The quantitative estimate of drug-likeness (QED) is 0.741. The molecule has 1 aromatic rings. The Morgan fingerprint density at radius 2 is 2.05 bits per heavy atom. The summed E-state index contributed by atoms with van der Waals surface area (Å²) in [6.45, 7) is 2.69. The highest BCUT2D eigenvalue weighted by molar-refractivity contribution is 5.82. The van der Waals surface area contributed by atoms with Crippen molar-refractivity contribution in [2.24, 2.45) is 11.8 Å². The van der Waals surface area contributed by atoms with Crippen LogP contribution in [0.15, 0.2) is 24.5 Å². The van der Waals surface area contributed by atoms with Crippen LogP contribution in [0.3, 0.4) is 0 Å². The first-order valence-electron chi connectivity index (χ1n) is 6.87. The van der Waals surface area contributed by atoms with Gasteiger partial charge in [0, 0.05) is 31.4 Å². The smallest absolute Gasteiger partial charge is 0.310 e. The maximum Gasteiger partial charge on any atom is 0.310 e. The standard InChI is InChI=1S/C15H20N2O3/c1-11(15(19)20-2)9-17(14(18)13-3-4-13)10-12-5-7-16-8-6-12/h5-8,11,13H,3-4,9-10H2,1-2H3. The Morgan fingerprint density at radius 1 is 1.40 bits per heavy atom. The number of nitrogens with zero attached hydrogens (tertiary/aromatic N) is 2. The molecule has 1 aromatic heterocycles. The maximum absolute atomic E-state index is 12.3. The number of aromatic nitrogens is 1. The van der Waals surface area contributed by atoms with Gasteiger partial charge in [-0.25, -0.2) is 0 Å². The van der Waals surface area contributed by atoms with E-state index in [0.29, 0.717) is 13.1 Å². The number of amides is 1. The minimum absolute atomic E-state index is 0.137. The van der Waals surface area contributed by atoms with Crippen molar-refractivity contribution >= 4 is 11.9 Å². The van der Waals surface area contributed by atoms with Crippen molar-refractivity contribution in [3.8, 4) is 0 Å². The molecule has 0 aliphatic heterocycles. The van der Waals surface area contributed by atoms with Crippen molar-refractivity contribution in [2.45, 2.75) is 26.3 Å². The summed E-state index contributed by atoms with van der Waals surface area (Å²) in [5.74, 6) is -0.322. The van der Waals surface area contributed by atoms with Crippen LogP contribution >= 0.6 is 0 Å². The number of carbonyl (C=O) groups excluding carboxylic acids is 2. The average molecular weight is 276 g/mol. The van der Waals surface area contributed by atoms with Crippen molar-refractivity contribution in [1.29, 1.82) is 0 Å². The Hall–Kier alpha value is -1.91. The Kier molecular flexibility index (Phi) is 4.71. The van der Waals surface area contributed by atoms with E-state index in [9.17, 15) is 9.59 Å². The molecule has 1 unspecified atom stereocenters. The SMILES string of the molecule is COC(=O)C(C)CN(Cc1ccncc1)C(=O)C1CC1. The normalized spacial score (nSPS) is 15.5. The molecule has 5 heteroatoms. The third-order valence-electron chi connectivity index (χ3n) is 3.46. The highest BCUT2D eigenvalue weighted by Crippen LogP contribution is 2.31. The van der Waals surface area contributed by atoms with E-state index in [2.05, 4.69) is 4.98 Å². The molecule has 1 atom stereocenters. The molecule has 1 amide bonds. The van der Waals surface area contributed by atoms with Crippen LogP contribution in [0.5, 0.6) is 0 Å². The lowest BCUT2D eigenvalue weighted by molar-refractivity contribution is -0.146. The zero-order valence-electron chi connectivity index (χ0n) is 11.9. The zero-order valence-corrected chi connectivity index (χ0v) is 11.9. The van der Waals surface area contributed by atoms with Crippen LogP contribution < -0.4 is 0 Å². The fraction of sp³-hybridized carbons (Fsp3) is 0.533. The van der Waals surface area contributed by atoms with Crippen molar-refractivity contribution in [3.63, 3.8) is 0 Å². The number of carbonyl (C=O) groups is 2. The second-order valence-corrected chi connectivity index (χ2v) is 5.27. The van der Waals surface area contributed by atoms with Gasteiger partial charge in [-0.3, -0.25) is 14.6 Å². The summed E-state index contributed by atoms with van der Waals surface area (Å²) in [4.78, 5) is 29.6. The molecule has 20 heavy (non-hydrogen) atoms. The van der Waals surface area contributed by atoms with Crippen LogP contribution in [0, 0.1) is 11.8 Å². The minimum Gasteiger partial charge on any atom is -0.469 e. The van der Waals surface area contributed by atoms with E-state index in [1.54, 1.807) is 24.2 Å². The fourth-order valence-electron chi connectivity index (χ4n) is 2.14. The third-order valence-corrected chi connectivity index (χ3v) is 3.46. The predicted octanol–water partition coefficient (Wildman–Crippen LogP) is 1.63. The molecule has 1 fully saturated rings. The van der Waals surface area contributed by atoms with Crippen molar-refractivity contribution in [1.82, 2.24) is 9.88 Å². The van der Waals surface area contributed by atoms with E-state index in [1.165, 1.54) is 7.11 Å². The van der Waals surface area contributed by atoms with E-state index in [1.807, 2.05) is 12.1 Å². The van der Waals surface area contributed by atoms with Crippen LogP contribution in [0.2, 0.25) is 0 Å². The van der Waals surface area contributed by atoms with Gasteiger partial charge in [-0.1, -0.05) is 6.92 Å². The van der Waals surface area contributed by atoms with Gasteiger partial charge < -0.3 is 9.64 Å². The highest BCUT2D eigenvalue weighted by Gasteiger charge is 2.34. The van der Waals surface area contributed by atoms with Gasteiger partial charge >= 0.3 is 5.97 Å². The molecule has 2 rings (SSSR count).